The number of carbonyl (C=O) groups is 1. The van der Waals surface area contributed by atoms with E-state index in [0.717, 1.165) is 57.6 Å². The van der Waals surface area contributed by atoms with E-state index < -0.39 is 0 Å². The zero-order valence-electron chi connectivity index (χ0n) is 23.5. The molecule has 8 nitrogen and oxygen atoms in total. The van der Waals surface area contributed by atoms with Gasteiger partial charge in [-0.2, -0.15) is 0 Å². The lowest BCUT2D eigenvalue weighted by Gasteiger charge is -2.28. The fraction of sp³-hybridized carbons (Fsp3) is 0.419. The number of carbonyl (C=O) groups excluding carboxylic acids is 1. The second-order valence-corrected chi connectivity index (χ2v) is 12.9. The number of likely N-dealkylation sites (tertiary alicyclic amines) is 1. The Hall–Kier alpha value is -3.56. The van der Waals surface area contributed by atoms with Gasteiger partial charge in [0.1, 0.15) is 16.4 Å². The van der Waals surface area contributed by atoms with Gasteiger partial charge in [0, 0.05) is 35.7 Å². The molecule has 1 aliphatic rings. The number of aromatic nitrogens is 4. The van der Waals surface area contributed by atoms with Gasteiger partial charge in [-0.15, -0.1) is 0 Å². The Kier molecular flexibility index (Phi) is 7.18. The number of Topliss-reactive ketones (excluding diaryl/α,β-unsaturated/α-hetero) is 1. The molecule has 0 amide bonds. The van der Waals surface area contributed by atoms with E-state index in [1.807, 2.05) is 42.6 Å². The molecule has 40 heavy (non-hydrogen) atoms. The van der Waals surface area contributed by atoms with E-state index in [1.54, 1.807) is 11.3 Å². The minimum Gasteiger partial charge on any atom is -0.477 e. The molecular weight excluding hydrogens is 522 g/mol. The highest BCUT2D eigenvalue weighted by Gasteiger charge is 2.21. The van der Waals surface area contributed by atoms with Crippen LogP contribution >= 0.6 is 11.3 Å². The Morgan fingerprint density at radius 2 is 1.85 bits per heavy atom. The van der Waals surface area contributed by atoms with Gasteiger partial charge in [-0.05, 0) is 50.5 Å². The topological polar surface area (TPSA) is 85.8 Å². The summed E-state index contributed by atoms with van der Waals surface area (Å²) in [6.07, 6.45) is 5.02. The zero-order valence-corrected chi connectivity index (χ0v) is 24.3. The molecule has 0 unspecified atom stereocenters. The van der Waals surface area contributed by atoms with E-state index in [-0.39, 0.29) is 17.6 Å². The smallest absolute Gasteiger partial charge is 0.214 e. The lowest BCUT2D eigenvalue weighted by molar-refractivity contribution is -0.117. The van der Waals surface area contributed by atoms with Crippen LogP contribution in [0, 0.1) is 5.92 Å². The molecule has 9 heteroatoms. The first-order valence-corrected chi connectivity index (χ1v) is 14.7. The van der Waals surface area contributed by atoms with Crippen molar-refractivity contribution >= 4 is 32.4 Å². The van der Waals surface area contributed by atoms with Gasteiger partial charge in [0.05, 0.1) is 29.9 Å². The number of rotatable bonds is 8. The number of piperidine rings is 1. The Morgan fingerprint density at radius 1 is 1.07 bits per heavy atom. The number of imidazole rings is 1. The first-order valence-electron chi connectivity index (χ1n) is 13.9. The van der Waals surface area contributed by atoms with E-state index in [2.05, 4.69) is 48.3 Å². The summed E-state index contributed by atoms with van der Waals surface area (Å²) >= 11 is 1.56. The normalized spacial score (nSPS) is 15.3. The van der Waals surface area contributed by atoms with Crippen molar-refractivity contribution in [2.24, 2.45) is 5.92 Å². The number of hydrogen-bond donors (Lipinski definition) is 0. The van der Waals surface area contributed by atoms with Gasteiger partial charge in [0.15, 0.2) is 4.96 Å². The van der Waals surface area contributed by atoms with E-state index in [1.165, 1.54) is 12.8 Å². The molecular formula is C31H35N5O3S. The monoisotopic (exact) mass is 557 g/mol. The van der Waals surface area contributed by atoms with Gasteiger partial charge in [-0.1, -0.05) is 61.5 Å². The van der Waals surface area contributed by atoms with E-state index in [9.17, 15) is 4.79 Å². The Morgan fingerprint density at radius 3 is 2.58 bits per heavy atom. The van der Waals surface area contributed by atoms with Crippen LogP contribution in [0.3, 0.4) is 0 Å². The van der Waals surface area contributed by atoms with Gasteiger partial charge < -0.3 is 14.2 Å². The number of nitrogens with zero attached hydrogens (tertiary/aromatic N) is 5. The molecule has 5 heterocycles. The number of fused-ring (bicyclic) bond motifs is 3. The molecule has 1 aliphatic heterocycles. The van der Waals surface area contributed by atoms with Crippen LogP contribution in [-0.2, 0) is 23.1 Å². The number of pyridine rings is 1. The number of ketones is 1. The first-order chi connectivity index (χ1) is 19.2. The number of ether oxygens (including phenoxy) is 1. The molecule has 0 bridgehead atoms. The van der Waals surface area contributed by atoms with Crippen LogP contribution < -0.4 is 4.74 Å². The van der Waals surface area contributed by atoms with Crippen LogP contribution in [-0.4, -0.2) is 57.0 Å². The van der Waals surface area contributed by atoms with Gasteiger partial charge in [0.25, 0.3) is 0 Å². The van der Waals surface area contributed by atoms with Crippen LogP contribution in [0.25, 0.3) is 26.6 Å². The molecule has 208 valence electrons. The van der Waals surface area contributed by atoms with Crippen molar-refractivity contribution in [3.63, 3.8) is 0 Å². The fourth-order valence-corrected chi connectivity index (χ4v) is 6.03. The predicted octanol–water partition coefficient (Wildman–Crippen LogP) is 5.97. The molecule has 0 radical (unpaired) electrons. The second-order valence-electron chi connectivity index (χ2n) is 11.9. The molecule has 0 spiro atoms. The minimum absolute atomic E-state index is 0.109. The molecule has 0 saturated carbocycles. The first kappa shape index (κ1) is 26.7. The third kappa shape index (κ3) is 5.81. The van der Waals surface area contributed by atoms with Crippen molar-refractivity contribution < 1.29 is 14.1 Å². The standard InChI is InChI=1S/C31H35N5O3S/c1-31(2,3)27-17-23(34-39-27)16-24(37)15-20-5-7-22(8-6-20)25-18-36-26-9-10-28(33-29(26)40-30(36)32-25)38-19-21-11-13-35(4)14-12-21/h5-10,17-18,21H,11-16,19H2,1-4H3. The zero-order chi connectivity index (χ0) is 27.9. The van der Waals surface area contributed by atoms with Crippen LogP contribution in [0.15, 0.2) is 53.2 Å². The minimum atomic E-state index is -0.127. The van der Waals surface area contributed by atoms with Gasteiger partial charge in [-0.3, -0.25) is 9.20 Å². The molecule has 1 aromatic carbocycles. The summed E-state index contributed by atoms with van der Waals surface area (Å²) < 4.78 is 13.6. The largest absolute Gasteiger partial charge is 0.477 e. The number of hydrogen-bond acceptors (Lipinski definition) is 8. The Bertz CT molecular complexity index is 1640. The average molecular weight is 558 g/mol. The molecule has 5 aromatic rings. The summed E-state index contributed by atoms with van der Waals surface area (Å²) in [5.41, 5.74) is 4.45. The molecule has 0 aliphatic carbocycles. The van der Waals surface area contributed by atoms with Crippen molar-refractivity contribution in [1.29, 1.82) is 0 Å². The number of benzene rings is 1. The van der Waals surface area contributed by atoms with Crippen LogP contribution in [0.1, 0.15) is 50.6 Å². The van der Waals surface area contributed by atoms with Crippen LogP contribution in [0.5, 0.6) is 5.88 Å². The van der Waals surface area contributed by atoms with E-state index in [4.69, 9.17) is 19.2 Å². The lowest BCUT2D eigenvalue weighted by atomic mass is 9.93. The van der Waals surface area contributed by atoms with Crippen molar-refractivity contribution in [2.45, 2.75) is 51.9 Å². The van der Waals surface area contributed by atoms with Crippen LogP contribution in [0.4, 0.5) is 0 Å². The number of thiazole rings is 1. The fourth-order valence-electron chi connectivity index (χ4n) is 5.05. The summed E-state index contributed by atoms with van der Waals surface area (Å²) in [5.74, 6) is 2.17. The van der Waals surface area contributed by atoms with Crippen molar-refractivity contribution in [2.75, 3.05) is 26.7 Å². The SMILES string of the molecule is CN1CCC(COc2ccc3c(n2)sc2nc(-c4ccc(CC(=O)Cc5cc(C(C)(C)C)on5)cc4)cn23)CC1. The second kappa shape index (κ2) is 10.8. The highest BCUT2D eigenvalue weighted by molar-refractivity contribution is 7.23. The average Bonchev–Trinajstić information content (AvgIpc) is 3.63. The van der Waals surface area contributed by atoms with Crippen molar-refractivity contribution in [3.8, 4) is 17.1 Å². The summed E-state index contributed by atoms with van der Waals surface area (Å²) in [5, 5.41) is 4.07. The maximum atomic E-state index is 12.6. The summed E-state index contributed by atoms with van der Waals surface area (Å²) in [4.78, 5) is 26.4. The maximum absolute atomic E-state index is 12.6. The van der Waals surface area contributed by atoms with Crippen LogP contribution in [0.2, 0.25) is 0 Å². The molecule has 6 rings (SSSR count). The third-order valence-corrected chi connectivity index (χ3v) is 8.53. The highest BCUT2D eigenvalue weighted by Crippen LogP contribution is 2.30. The summed E-state index contributed by atoms with van der Waals surface area (Å²) in [7, 11) is 2.17. The maximum Gasteiger partial charge on any atom is 0.214 e. The third-order valence-electron chi connectivity index (χ3n) is 7.57. The predicted molar refractivity (Wildman–Crippen MR) is 157 cm³/mol. The quantitative estimate of drug-likeness (QED) is 0.232. The van der Waals surface area contributed by atoms with E-state index in [0.29, 0.717) is 23.9 Å². The van der Waals surface area contributed by atoms with E-state index >= 15 is 0 Å². The van der Waals surface area contributed by atoms with Gasteiger partial charge in [-0.25, -0.2) is 9.97 Å². The summed E-state index contributed by atoms with van der Waals surface area (Å²) in [6.45, 7) is 9.18. The molecule has 1 saturated heterocycles. The van der Waals surface area contributed by atoms with Gasteiger partial charge in [0.2, 0.25) is 5.88 Å². The molecule has 0 atom stereocenters. The summed E-state index contributed by atoms with van der Waals surface area (Å²) in [6, 6.07) is 14.0. The van der Waals surface area contributed by atoms with Gasteiger partial charge >= 0.3 is 0 Å². The van der Waals surface area contributed by atoms with Crippen molar-refractivity contribution in [1.82, 2.24) is 24.4 Å². The molecule has 1 fully saturated rings. The Labute approximate surface area is 238 Å². The molecule has 4 aromatic heterocycles. The Balaban J connectivity index is 1.09. The van der Waals surface area contributed by atoms with Crippen molar-refractivity contribution in [3.05, 3.63) is 65.7 Å². The lowest BCUT2D eigenvalue weighted by Crippen LogP contribution is -2.32. The highest BCUT2D eigenvalue weighted by atomic mass is 32.1. The molecule has 0 N–H and O–H groups in total.